The lowest BCUT2D eigenvalue weighted by Crippen LogP contribution is -2.61. The van der Waals surface area contributed by atoms with Crippen molar-refractivity contribution < 1.29 is 14.3 Å². The van der Waals surface area contributed by atoms with E-state index in [0.29, 0.717) is 26.0 Å². The van der Waals surface area contributed by atoms with Crippen molar-refractivity contribution in [3.8, 4) is 11.1 Å². The molecule has 6 heteroatoms. The van der Waals surface area contributed by atoms with Gasteiger partial charge in [-0.15, -0.1) is 0 Å². The van der Waals surface area contributed by atoms with E-state index in [1.165, 1.54) is 0 Å². The van der Waals surface area contributed by atoms with Gasteiger partial charge in [-0.3, -0.25) is 14.6 Å². The highest BCUT2D eigenvalue weighted by Gasteiger charge is 2.44. The first kappa shape index (κ1) is 21.7. The Morgan fingerprint density at radius 3 is 2.50 bits per heavy atom. The van der Waals surface area contributed by atoms with Crippen LogP contribution in [0.3, 0.4) is 0 Å². The summed E-state index contributed by atoms with van der Waals surface area (Å²) in [5.41, 5.74) is 2.90. The second kappa shape index (κ2) is 9.75. The lowest BCUT2D eigenvalue weighted by Gasteiger charge is -2.41. The monoisotopic (exact) mass is 429 g/mol. The minimum atomic E-state index is -1.13. The number of pyridine rings is 1. The summed E-state index contributed by atoms with van der Waals surface area (Å²) >= 11 is 0. The smallest absolute Gasteiger partial charge is 0.254 e. The van der Waals surface area contributed by atoms with E-state index in [1.54, 1.807) is 24.3 Å². The molecule has 0 saturated carbocycles. The van der Waals surface area contributed by atoms with Gasteiger partial charge in [0.05, 0.1) is 19.6 Å². The van der Waals surface area contributed by atoms with Crippen molar-refractivity contribution in [3.05, 3.63) is 90.3 Å². The normalized spacial score (nSPS) is 18.2. The molecule has 32 heavy (non-hydrogen) atoms. The van der Waals surface area contributed by atoms with Gasteiger partial charge in [0.1, 0.15) is 0 Å². The van der Waals surface area contributed by atoms with E-state index in [-0.39, 0.29) is 18.4 Å². The molecule has 1 aromatic heterocycles. The molecule has 1 saturated heterocycles. The van der Waals surface area contributed by atoms with Crippen LogP contribution in [-0.4, -0.2) is 54.0 Å². The first-order chi connectivity index (χ1) is 15.6. The standard InChI is InChI=1S/C26H27N3O3/c1-27-25(31)26(18-21-8-5-9-23(16-21)22-10-12-28-13-11-22)19-29(14-15-32-26)24(30)17-20-6-3-2-4-7-20/h2-13,16H,14-15,17-19H2,1H3,(H,27,31)/t26-/m1/s1. The lowest BCUT2D eigenvalue weighted by atomic mass is 9.89. The van der Waals surface area contributed by atoms with Crippen molar-refractivity contribution in [2.24, 2.45) is 0 Å². The first-order valence-electron chi connectivity index (χ1n) is 10.8. The molecule has 0 radical (unpaired) electrons. The number of ether oxygens (including phenoxy) is 1. The Morgan fingerprint density at radius 2 is 1.75 bits per heavy atom. The van der Waals surface area contributed by atoms with Gasteiger partial charge in [0.15, 0.2) is 5.60 Å². The predicted molar refractivity (Wildman–Crippen MR) is 123 cm³/mol. The molecule has 2 heterocycles. The number of benzene rings is 2. The van der Waals surface area contributed by atoms with Gasteiger partial charge >= 0.3 is 0 Å². The summed E-state index contributed by atoms with van der Waals surface area (Å²) in [7, 11) is 1.60. The fourth-order valence-corrected chi connectivity index (χ4v) is 4.17. The number of morpholine rings is 1. The lowest BCUT2D eigenvalue weighted by molar-refractivity contribution is -0.165. The number of hydrogen-bond donors (Lipinski definition) is 1. The van der Waals surface area contributed by atoms with E-state index in [2.05, 4.69) is 16.4 Å². The van der Waals surface area contributed by atoms with Crippen LogP contribution in [0.2, 0.25) is 0 Å². The highest BCUT2D eigenvalue weighted by Crippen LogP contribution is 2.27. The summed E-state index contributed by atoms with van der Waals surface area (Å²) in [4.78, 5) is 31.8. The van der Waals surface area contributed by atoms with Gasteiger partial charge in [-0.25, -0.2) is 0 Å². The molecule has 1 fully saturated rings. The van der Waals surface area contributed by atoms with Crippen LogP contribution in [-0.2, 0) is 27.2 Å². The van der Waals surface area contributed by atoms with Crippen LogP contribution in [0.15, 0.2) is 79.1 Å². The second-order valence-corrected chi connectivity index (χ2v) is 8.01. The number of carbonyl (C=O) groups excluding carboxylic acids is 2. The SMILES string of the molecule is CNC(=O)[C@@]1(Cc2cccc(-c3ccncc3)c2)CN(C(=O)Cc2ccccc2)CCO1. The minimum absolute atomic E-state index is 0.00156. The van der Waals surface area contributed by atoms with Crippen molar-refractivity contribution in [1.29, 1.82) is 0 Å². The molecule has 0 aliphatic carbocycles. The van der Waals surface area contributed by atoms with Crippen molar-refractivity contribution >= 4 is 11.8 Å². The van der Waals surface area contributed by atoms with Gasteiger partial charge in [0.25, 0.3) is 5.91 Å². The third-order valence-corrected chi connectivity index (χ3v) is 5.81. The zero-order valence-corrected chi connectivity index (χ0v) is 18.2. The van der Waals surface area contributed by atoms with Gasteiger partial charge in [-0.1, -0.05) is 54.6 Å². The molecule has 6 nitrogen and oxygen atoms in total. The van der Waals surface area contributed by atoms with Crippen LogP contribution < -0.4 is 5.32 Å². The molecular formula is C26H27N3O3. The summed E-state index contributed by atoms with van der Waals surface area (Å²) in [6.45, 7) is 1.01. The van der Waals surface area contributed by atoms with Crippen molar-refractivity contribution in [2.75, 3.05) is 26.7 Å². The average molecular weight is 430 g/mol. The number of nitrogens with zero attached hydrogens (tertiary/aromatic N) is 2. The zero-order valence-electron chi connectivity index (χ0n) is 18.2. The summed E-state index contributed by atoms with van der Waals surface area (Å²) in [6.07, 6.45) is 4.20. The van der Waals surface area contributed by atoms with Crippen molar-refractivity contribution in [2.45, 2.75) is 18.4 Å². The highest BCUT2D eigenvalue weighted by atomic mass is 16.5. The molecule has 4 rings (SSSR count). The number of amides is 2. The van der Waals surface area contributed by atoms with Gasteiger partial charge in [-0.05, 0) is 34.4 Å². The molecule has 1 atom stereocenters. The molecule has 0 unspecified atom stereocenters. The van der Waals surface area contributed by atoms with Crippen molar-refractivity contribution in [1.82, 2.24) is 15.2 Å². The Hall–Kier alpha value is -3.51. The predicted octanol–water partition coefficient (Wildman–Crippen LogP) is 2.88. The number of likely N-dealkylation sites (N-methyl/N-ethyl adjacent to an activating group) is 1. The summed E-state index contributed by atoms with van der Waals surface area (Å²) in [6, 6.07) is 21.6. The molecule has 0 spiro atoms. The molecule has 1 aliphatic heterocycles. The number of carbonyl (C=O) groups is 2. The molecule has 164 valence electrons. The van der Waals surface area contributed by atoms with Gasteiger partial charge in [-0.2, -0.15) is 0 Å². The summed E-state index contributed by atoms with van der Waals surface area (Å²) in [5.74, 6) is -0.220. The van der Waals surface area contributed by atoms with E-state index in [9.17, 15) is 9.59 Å². The van der Waals surface area contributed by atoms with E-state index in [4.69, 9.17) is 4.74 Å². The Labute approximate surface area is 188 Å². The van der Waals surface area contributed by atoms with Crippen LogP contribution in [0.1, 0.15) is 11.1 Å². The van der Waals surface area contributed by atoms with Crippen molar-refractivity contribution in [3.63, 3.8) is 0 Å². The molecule has 1 aliphatic rings. The molecule has 2 amide bonds. The number of rotatable bonds is 6. The quantitative estimate of drug-likeness (QED) is 0.654. The summed E-state index contributed by atoms with van der Waals surface area (Å²) in [5, 5.41) is 2.74. The molecule has 1 N–H and O–H groups in total. The third-order valence-electron chi connectivity index (χ3n) is 5.81. The zero-order chi connectivity index (χ0) is 22.4. The van der Waals surface area contributed by atoms with E-state index >= 15 is 0 Å². The maximum atomic E-state index is 13.0. The second-order valence-electron chi connectivity index (χ2n) is 8.01. The van der Waals surface area contributed by atoms with E-state index in [0.717, 1.165) is 22.3 Å². The van der Waals surface area contributed by atoms with Gasteiger partial charge in [0.2, 0.25) is 5.91 Å². The molecular weight excluding hydrogens is 402 g/mol. The molecule has 3 aromatic rings. The largest absolute Gasteiger partial charge is 0.361 e. The average Bonchev–Trinajstić information content (AvgIpc) is 2.85. The topological polar surface area (TPSA) is 71.5 Å². The van der Waals surface area contributed by atoms with E-state index < -0.39 is 5.60 Å². The van der Waals surface area contributed by atoms with Crippen LogP contribution in [0.4, 0.5) is 0 Å². The third kappa shape index (κ3) is 4.86. The number of nitrogens with one attached hydrogen (secondary N) is 1. The van der Waals surface area contributed by atoms with Gasteiger partial charge in [0, 0.05) is 32.4 Å². The number of aromatic nitrogens is 1. The fraction of sp³-hybridized carbons (Fsp3) is 0.269. The molecule has 0 bridgehead atoms. The Morgan fingerprint density at radius 1 is 1.00 bits per heavy atom. The van der Waals surface area contributed by atoms with Crippen LogP contribution >= 0.6 is 0 Å². The minimum Gasteiger partial charge on any atom is -0.361 e. The maximum absolute atomic E-state index is 13.0. The van der Waals surface area contributed by atoms with Crippen LogP contribution in [0, 0.1) is 0 Å². The summed E-state index contributed by atoms with van der Waals surface area (Å²) < 4.78 is 6.08. The first-order valence-corrected chi connectivity index (χ1v) is 10.8. The Kier molecular flexibility index (Phi) is 6.61. The number of hydrogen-bond acceptors (Lipinski definition) is 4. The molecule has 2 aromatic carbocycles. The Bertz CT molecular complexity index is 1070. The highest BCUT2D eigenvalue weighted by molar-refractivity contribution is 5.87. The maximum Gasteiger partial charge on any atom is 0.254 e. The van der Waals surface area contributed by atoms with Crippen LogP contribution in [0.25, 0.3) is 11.1 Å². The fourth-order valence-electron chi connectivity index (χ4n) is 4.17. The van der Waals surface area contributed by atoms with Gasteiger partial charge < -0.3 is 15.0 Å². The van der Waals surface area contributed by atoms with Crippen LogP contribution in [0.5, 0.6) is 0 Å². The Balaban J connectivity index is 1.56. The van der Waals surface area contributed by atoms with E-state index in [1.807, 2.05) is 60.7 Å².